The molecule has 0 aromatic heterocycles. The minimum atomic E-state index is -0.604. The van der Waals surface area contributed by atoms with Gasteiger partial charge in [0.2, 0.25) is 0 Å². The van der Waals surface area contributed by atoms with Gasteiger partial charge in [-0.05, 0) is 13.3 Å². The van der Waals surface area contributed by atoms with Crippen LogP contribution in [0, 0.1) is 0 Å². The van der Waals surface area contributed by atoms with Crippen molar-refractivity contribution in [2.24, 2.45) is 0 Å². The topological polar surface area (TPSA) is 43.4 Å². The molecule has 0 aliphatic carbocycles. The van der Waals surface area contributed by atoms with Crippen molar-refractivity contribution in [3.05, 3.63) is 12.2 Å². The Labute approximate surface area is 211 Å². The summed E-state index contributed by atoms with van der Waals surface area (Å²) >= 11 is 0. The molecule has 0 amide bonds. The Hall–Kier alpha value is -0.120. The molecule has 0 spiro atoms. The van der Waals surface area contributed by atoms with Gasteiger partial charge in [0, 0.05) is 12.0 Å². The van der Waals surface area contributed by atoms with E-state index in [1.807, 2.05) is 0 Å². The van der Waals surface area contributed by atoms with E-state index in [1.54, 1.807) is 6.92 Å². The third kappa shape index (κ3) is 24.2. The van der Waals surface area contributed by atoms with Gasteiger partial charge in [-0.15, -0.1) is 0 Å². The monoisotopic (exact) mass is 432 g/mol. The van der Waals surface area contributed by atoms with Crippen molar-refractivity contribution in [3.8, 4) is 0 Å². The average Bonchev–Trinajstić information content (AvgIpc) is 2.69. The minimum Gasteiger partial charge on any atom is -1.00 e. The van der Waals surface area contributed by atoms with Crippen LogP contribution in [0.3, 0.4) is 0 Å². The van der Waals surface area contributed by atoms with E-state index >= 15 is 0 Å². The molecular weight excluding hydrogens is 383 g/mol. The van der Waals surface area contributed by atoms with Crippen LogP contribution < -0.4 is 29.6 Å². The molecule has 0 bridgehead atoms. The largest absolute Gasteiger partial charge is 1.00 e. The summed E-state index contributed by atoms with van der Waals surface area (Å²) in [5.41, 5.74) is 0.270. The van der Waals surface area contributed by atoms with E-state index < -0.39 is 11.9 Å². The van der Waals surface area contributed by atoms with Crippen molar-refractivity contribution in [3.63, 3.8) is 0 Å². The Bertz CT molecular complexity index is 427. The maximum Gasteiger partial charge on any atom is 1.00 e. The Morgan fingerprint density at radius 3 is 1.23 bits per heavy atom. The van der Waals surface area contributed by atoms with Gasteiger partial charge in [0.25, 0.3) is 0 Å². The number of unbranched alkanes of at least 4 members (excludes halogenated alkanes) is 18. The van der Waals surface area contributed by atoms with Crippen LogP contribution >= 0.6 is 0 Å². The molecule has 0 radical (unpaired) electrons. The summed E-state index contributed by atoms with van der Waals surface area (Å²) in [6.07, 6.45) is 25.6. The minimum absolute atomic E-state index is 0. The van der Waals surface area contributed by atoms with Gasteiger partial charge in [-0.3, -0.25) is 4.79 Å². The van der Waals surface area contributed by atoms with Crippen LogP contribution in [-0.2, 0) is 14.3 Å². The van der Waals surface area contributed by atoms with Crippen molar-refractivity contribution in [1.29, 1.82) is 0 Å². The quantitative estimate of drug-likeness (QED) is 0.0783. The fourth-order valence-electron chi connectivity index (χ4n) is 3.59. The first-order valence-corrected chi connectivity index (χ1v) is 12.5. The summed E-state index contributed by atoms with van der Waals surface area (Å²) in [6.45, 7) is 7.30. The Morgan fingerprint density at radius 1 is 0.633 bits per heavy atom. The summed E-state index contributed by atoms with van der Waals surface area (Å²) in [7, 11) is 0. The van der Waals surface area contributed by atoms with Gasteiger partial charge in [0.15, 0.2) is 0 Å². The molecule has 0 atom stereocenters. The number of carbonyl (C=O) groups is 2. The number of esters is 2. The third-order valence-corrected chi connectivity index (χ3v) is 5.54. The van der Waals surface area contributed by atoms with E-state index in [1.165, 1.54) is 109 Å². The number of hydrogen-bond acceptors (Lipinski definition) is 3. The van der Waals surface area contributed by atoms with Crippen LogP contribution in [-0.4, -0.2) is 11.9 Å². The van der Waals surface area contributed by atoms with Crippen molar-refractivity contribution in [2.45, 2.75) is 142 Å². The first-order chi connectivity index (χ1) is 14.1. The van der Waals surface area contributed by atoms with Gasteiger partial charge in [-0.1, -0.05) is 129 Å². The van der Waals surface area contributed by atoms with E-state index in [0.29, 0.717) is 6.42 Å². The second-order valence-electron chi connectivity index (χ2n) is 8.66. The van der Waals surface area contributed by atoms with Crippen LogP contribution in [0.2, 0.25) is 0 Å². The molecule has 4 heteroatoms. The third-order valence-electron chi connectivity index (χ3n) is 5.54. The van der Waals surface area contributed by atoms with Gasteiger partial charge in [-0.25, -0.2) is 4.79 Å². The van der Waals surface area contributed by atoms with E-state index in [4.69, 9.17) is 0 Å². The molecule has 3 nitrogen and oxygen atoms in total. The summed E-state index contributed by atoms with van der Waals surface area (Å²) in [4.78, 5) is 22.7. The Morgan fingerprint density at radius 2 is 0.933 bits per heavy atom. The molecule has 0 heterocycles. The van der Waals surface area contributed by atoms with E-state index in [2.05, 4.69) is 18.2 Å². The summed E-state index contributed by atoms with van der Waals surface area (Å²) < 4.78 is 4.67. The Kier molecular flexibility index (Phi) is 26.9. The SMILES string of the molecule is C=C(C)C(=O)OC(=O)CCCCCCCCCCCCCCCCCCCCC.[H-].[Na+]. The molecule has 0 aromatic carbocycles. The number of ether oxygens (including phenoxy) is 1. The van der Waals surface area contributed by atoms with Crippen LogP contribution in [0.25, 0.3) is 0 Å². The maximum atomic E-state index is 11.5. The molecule has 0 unspecified atom stereocenters. The summed E-state index contributed by atoms with van der Waals surface area (Å²) in [6, 6.07) is 0. The number of carbonyl (C=O) groups excluding carboxylic acids is 2. The molecule has 172 valence electrons. The molecule has 0 aromatic rings. The molecule has 0 rings (SSSR count). The number of hydrogen-bond donors (Lipinski definition) is 0. The van der Waals surface area contributed by atoms with Gasteiger partial charge < -0.3 is 6.16 Å². The molecule has 0 aliphatic rings. The maximum absolute atomic E-state index is 11.5. The van der Waals surface area contributed by atoms with Crippen molar-refractivity contribution < 1.29 is 45.3 Å². The smallest absolute Gasteiger partial charge is 1.00 e. The predicted octanol–water partition coefficient (Wildman–Crippen LogP) is 5.57. The van der Waals surface area contributed by atoms with Crippen molar-refractivity contribution in [2.75, 3.05) is 0 Å². The van der Waals surface area contributed by atoms with Crippen LogP contribution in [0.15, 0.2) is 12.2 Å². The molecular formula is C26H49NaO3. The fourth-order valence-corrected chi connectivity index (χ4v) is 3.59. The van der Waals surface area contributed by atoms with Gasteiger partial charge in [0.05, 0.1) is 0 Å². The number of rotatable bonds is 21. The zero-order valence-electron chi connectivity index (χ0n) is 21.6. The zero-order chi connectivity index (χ0) is 21.6. The second kappa shape index (κ2) is 25.1. The Balaban J connectivity index is -0.00000392. The van der Waals surface area contributed by atoms with Gasteiger partial charge in [0.1, 0.15) is 0 Å². The van der Waals surface area contributed by atoms with Crippen LogP contribution in [0.5, 0.6) is 0 Å². The van der Waals surface area contributed by atoms with Gasteiger partial charge >= 0.3 is 41.5 Å². The standard InChI is InChI=1S/C26H48O3.Na.H/c1-4-5-6-7-8-9-10-11-12-13-14-15-16-17-18-19-20-21-22-23-25(27)29-26(28)24(2)3;;/h2,4-23H2,1,3H3;;/q;+1;-1. The molecule has 0 aliphatic heterocycles. The van der Waals surface area contributed by atoms with Gasteiger partial charge in [-0.2, -0.15) is 0 Å². The zero-order valence-corrected chi connectivity index (χ0v) is 22.6. The fraction of sp³-hybridized carbons (Fsp3) is 0.846. The summed E-state index contributed by atoms with van der Waals surface area (Å²) in [5.74, 6) is -1.03. The van der Waals surface area contributed by atoms with Crippen molar-refractivity contribution in [1.82, 2.24) is 0 Å². The predicted molar refractivity (Wildman–Crippen MR) is 125 cm³/mol. The van der Waals surface area contributed by atoms with Crippen LogP contribution in [0.1, 0.15) is 144 Å². The first kappa shape index (κ1) is 32.1. The summed E-state index contributed by atoms with van der Waals surface area (Å²) in [5, 5.41) is 0. The molecule has 0 saturated heterocycles. The van der Waals surface area contributed by atoms with Crippen molar-refractivity contribution >= 4 is 11.9 Å². The van der Waals surface area contributed by atoms with E-state index in [-0.39, 0.29) is 36.6 Å². The molecule has 0 N–H and O–H groups in total. The average molecular weight is 433 g/mol. The molecule has 0 fully saturated rings. The molecule has 30 heavy (non-hydrogen) atoms. The normalized spacial score (nSPS) is 10.5. The first-order valence-electron chi connectivity index (χ1n) is 12.5. The second-order valence-corrected chi connectivity index (χ2v) is 8.66. The van der Waals surface area contributed by atoms with Crippen LogP contribution in [0.4, 0.5) is 0 Å². The van der Waals surface area contributed by atoms with E-state index in [9.17, 15) is 9.59 Å². The van der Waals surface area contributed by atoms with E-state index in [0.717, 1.165) is 12.8 Å². The molecule has 0 saturated carbocycles.